The molecule has 0 aliphatic carbocycles. The molecule has 2 aromatic rings. The van der Waals surface area contributed by atoms with Crippen LogP contribution in [0.25, 0.3) is 0 Å². The van der Waals surface area contributed by atoms with Crippen LogP contribution >= 0.6 is 0 Å². The van der Waals surface area contributed by atoms with Crippen LogP contribution in [0.4, 0.5) is 0 Å². The van der Waals surface area contributed by atoms with Crippen molar-refractivity contribution in [3.63, 3.8) is 0 Å². The monoisotopic (exact) mass is 244 g/mol. The van der Waals surface area contributed by atoms with Gasteiger partial charge < -0.3 is 14.6 Å². The third kappa shape index (κ3) is 3.57. The Balaban J connectivity index is 1.83. The average Bonchev–Trinajstić information content (AvgIpc) is 2.90. The maximum absolute atomic E-state index is 8.43. The summed E-state index contributed by atoms with van der Waals surface area (Å²) in [5.74, 6) is 1.31. The third-order valence-electron chi connectivity index (χ3n) is 2.22. The van der Waals surface area contributed by atoms with Crippen LogP contribution in [0, 0.1) is 11.3 Å². The molecule has 0 spiro atoms. The van der Waals surface area contributed by atoms with Crippen LogP contribution in [-0.2, 0) is 13.1 Å². The number of hydrogen-bond acceptors (Lipinski definition) is 6. The second-order valence-electron chi connectivity index (χ2n) is 3.55. The van der Waals surface area contributed by atoms with Crippen molar-refractivity contribution >= 4 is 0 Å². The van der Waals surface area contributed by atoms with Gasteiger partial charge >= 0.3 is 0 Å². The highest BCUT2D eigenvalue weighted by Crippen LogP contribution is 2.12. The molecule has 1 aromatic carbocycles. The van der Waals surface area contributed by atoms with Gasteiger partial charge in [0, 0.05) is 6.54 Å². The van der Waals surface area contributed by atoms with E-state index in [4.69, 9.17) is 10.00 Å². The number of nitrogens with one attached hydrogen (secondary N) is 1. The van der Waals surface area contributed by atoms with Crippen molar-refractivity contribution in [2.45, 2.75) is 13.1 Å². The Morgan fingerprint density at radius 2 is 2.33 bits per heavy atom. The molecule has 0 bridgehead atoms. The highest BCUT2D eigenvalue weighted by molar-refractivity contribution is 5.28. The molecule has 0 fully saturated rings. The molecular formula is C12H12N4O2. The third-order valence-corrected chi connectivity index (χ3v) is 2.22. The van der Waals surface area contributed by atoms with Crippen LogP contribution in [0.5, 0.6) is 5.75 Å². The normalized spacial score (nSPS) is 9.94. The summed E-state index contributed by atoms with van der Waals surface area (Å²) >= 11 is 0. The molecule has 2 rings (SSSR count). The van der Waals surface area contributed by atoms with Gasteiger partial charge in [0.2, 0.25) is 6.39 Å². The maximum atomic E-state index is 8.43. The van der Waals surface area contributed by atoms with Crippen LogP contribution in [-0.4, -0.2) is 16.7 Å². The number of rotatable bonds is 6. The Hall–Kier alpha value is -2.39. The molecule has 92 valence electrons. The molecule has 1 N–H and O–H groups in total. The van der Waals surface area contributed by atoms with E-state index in [0.29, 0.717) is 24.7 Å². The van der Waals surface area contributed by atoms with Crippen LogP contribution in [0.15, 0.2) is 35.2 Å². The quantitative estimate of drug-likeness (QED) is 0.823. The zero-order chi connectivity index (χ0) is 12.6. The zero-order valence-corrected chi connectivity index (χ0v) is 9.67. The number of nitriles is 1. The molecule has 0 unspecified atom stereocenters. The van der Waals surface area contributed by atoms with Crippen LogP contribution in [0.2, 0.25) is 0 Å². The van der Waals surface area contributed by atoms with Gasteiger partial charge in [-0.3, -0.25) is 0 Å². The summed E-state index contributed by atoms with van der Waals surface area (Å²) in [5.41, 5.74) is 1.06. The number of ether oxygens (including phenoxy) is 1. The van der Waals surface area contributed by atoms with Crippen molar-refractivity contribution in [3.8, 4) is 11.8 Å². The Labute approximate surface area is 104 Å². The molecule has 0 atom stereocenters. The molecule has 0 aliphatic heterocycles. The number of benzene rings is 1. The van der Waals surface area contributed by atoms with Gasteiger partial charge in [0.15, 0.2) is 12.4 Å². The summed E-state index contributed by atoms with van der Waals surface area (Å²) in [7, 11) is 0. The van der Waals surface area contributed by atoms with Gasteiger partial charge in [0.05, 0.1) is 6.54 Å². The fraction of sp³-hybridized carbons (Fsp3) is 0.250. The molecule has 0 radical (unpaired) electrons. The zero-order valence-electron chi connectivity index (χ0n) is 9.67. The van der Waals surface area contributed by atoms with Crippen LogP contribution in [0.1, 0.15) is 11.4 Å². The second-order valence-corrected chi connectivity index (χ2v) is 3.55. The molecule has 6 heteroatoms. The SMILES string of the molecule is N#CCOc1cccc(CNCc2ncon2)c1. The number of nitrogens with zero attached hydrogens (tertiary/aromatic N) is 3. The van der Waals surface area contributed by atoms with E-state index in [1.165, 1.54) is 6.39 Å². The second kappa shape index (κ2) is 6.37. The van der Waals surface area contributed by atoms with E-state index in [0.717, 1.165) is 5.56 Å². The lowest BCUT2D eigenvalue weighted by Crippen LogP contribution is -2.13. The molecule has 1 heterocycles. The lowest BCUT2D eigenvalue weighted by Gasteiger charge is -2.05. The Morgan fingerprint density at radius 1 is 1.39 bits per heavy atom. The van der Waals surface area contributed by atoms with Gasteiger partial charge in [-0.25, -0.2) is 0 Å². The fourth-order valence-electron chi connectivity index (χ4n) is 1.45. The van der Waals surface area contributed by atoms with E-state index in [1.54, 1.807) is 0 Å². The number of aromatic nitrogens is 2. The van der Waals surface area contributed by atoms with Gasteiger partial charge in [0.25, 0.3) is 0 Å². The van der Waals surface area contributed by atoms with E-state index in [-0.39, 0.29) is 6.61 Å². The largest absolute Gasteiger partial charge is 0.479 e. The lowest BCUT2D eigenvalue weighted by atomic mass is 10.2. The summed E-state index contributed by atoms with van der Waals surface area (Å²) < 4.78 is 9.85. The molecule has 0 aliphatic rings. The summed E-state index contributed by atoms with van der Waals surface area (Å²) in [6.07, 6.45) is 1.30. The van der Waals surface area contributed by atoms with Crippen molar-refractivity contribution in [2.24, 2.45) is 0 Å². The average molecular weight is 244 g/mol. The van der Waals surface area contributed by atoms with E-state index in [9.17, 15) is 0 Å². The van der Waals surface area contributed by atoms with E-state index < -0.39 is 0 Å². The predicted molar refractivity (Wildman–Crippen MR) is 62.4 cm³/mol. The topological polar surface area (TPSA) is 84.0 Å². The molecule has 0 saturated heterocycles. The van der Waals surface area contributed by atoms with Crippen molar-refractivity contribution in [3.05, 3.63) is 42.0 Å². The molecule has 1 aromatic heterocycles. The molecule has 6 nitrogen and oxygen atoms in total. The van der Waals surface area contributed by atoms with E-state index in [1.807, 2.05) is 30.3 Å². The Morgan fingerprint density at radius 3 is 3.11 bits per heavy atom. The summed E-state index contributed by atoms with van der Waals surface area (Å²) in [4.78, 5) is 3.90. The van der Waals surface area contributed by atoms with Crippen LogP contribution < -0.4 is 10.1 Å². The lowest BCUT2D eigenvalue weighted by molar-refractivity contribution is 0.367. The highest BCUT2D eigenvalue weighted by Gasteiger charge is 1.99. The van der Waals surface area contributed by atoms with Gasteiger partial charge in [-0.05, 0) is 17.7 Å². The van der Waals surface area contributed by atoms with E-state index >= 15 is 0 Å². The standard InChI is InChI=1S/C12H12N4O2/c13-4-5-17-11-3-1-2-10(6-11)7-14-8-12-15-9-18-16-12/h1-3,6,9,14H,5,7-8H2. The molecular weight excluding hydrogens is 232 g/mol. The number of hydrogen-bond donors (Lipinski definition) is 1. The predicted octanol–water partition coefficient (Wildman–Crippen LogP) is 1.26. The first kappa shape index (κ1) is 12.1. The van der Waals surface area contributed by atoms with Gasteiger partial charge in [-0.2, -0.15) is 10.2 Å². The van der Waals surface area contributed by atoms with Crippen molar-refractivity contribution in [1.29, 1.82) is 5.26 Å². The molecule has 0 amide bonds. The fourth-order valence-corrected chi connectivity index (χ4v) is 1.45. The summed E-state index contributed by atoms with van der Waals surface area (Å²) in [6.45, 7) is 1.26. The minimum Gasteiger partial charge on any atom is -0.479 e. The first-order valence-electron chi connectivity index (χ1n) is 5.43. The maximum Gasteiger partial charge on any atom is 0.213 e. The Bertz CT molecular complexity index is 519. The summed E-state index contributed by atoms with van der Waals surface area (Å²) in [6, 6.07) is 9.50. The Kier molecular flexibility index (Phi) is 4.27. The van der Waals surface area contributed by atoms with Crippen molar-refractivity contribution in [2.75, 3.05) is 6.61 Å². The van der Waals surface area contributed by atoms with Crippen LogP contribution in [0.3, 0.4) is 0 Å². The first-order chi connectivity index (χ1) is 8.88. The summed E-state index contributed by atoms with van der Waals surface area (Å²) in [5, 5.41) is 15.3. The first-order valence-corrected chi connectivity index (χ1v) is 5.43. The smallest absolute Gasteiger partial charge is 0.213 e. The minimum atomic E-state index is 0.0553. The highest BCUT2D eigenvalue weighted by atomic mass is 16.5. The molecule has 0 saturated carbocycles. The van der Waals surface area contributed by atoms with E-state index in [2.05, 4.69) is 20.0 Å². The van der Waals surface area contributed by atoms with Crippen molar-refractivity contribution < 1.29 is 9.26 Å². The van der Waals surface area contributed by atoms with Gasteiger partial charge in [-0.15, -0.1) is 0 Å². The van der Waals surface area contributed by atoms with Gasteiger partial charge in [-0.1, -0.05) is 17.3 Å². The van der Waals surface area contributed by atoms with Crippen molar-refractivity contribution in [1.82, 2.24) is 15.5 Å². The minimum absolute atomic E-state index is 0.0553. The molecule has 18 heavy (non-hydrogen) atoms. The van der Waals surface area contributed by atoms with Gasteiger partial charge in [0.1, 0.15) is 11.8 Å².